The molecule has 2 heterocycles. The highest BCUT2D eigenvalue weighted by molar-refractivity contribution is 5.89. The van der Waals surface area contributed by atoms with Crippen LogP contribution in [0.1, 0.15) is 17.3 Å². The topological polar surface area (TPSA) is 72.5 Å². The maximum atomic E-state index is 11.5. The number of carbonyl (C=O) groups excluding carboxylic acids is 1. The largest absolute Gasteiger partial charge is 0.462 e. The van der Waals surface area contributed by atoms with Gasteiger partial charge in [-0.3, -0.25) is 0 Å². The minimum absolute atomic E-state index is 0.153. The number of rotatable bonds is 5. The van der Waals surface area contributed by atoms with Crippen LogP contribution < -0.4 is 10.6 Å². The molecule has 104 valence electrons. The van der Waals surface area contributed by atoms with Gasteiger partial charge in [0.1, 0.15) is 5.82 Å². The molecule has 1 aliphatic rings. The van der Waals surface area contributed by atoms with Crippen molar-refractivity contribution in [1.82, 2.24) is 10.3 Å². The van der Waals surface area contributed by atoms with Crippen molar-refractivity contribution in [3.63, 3.8) is 0 Å². The van der Waals surface area contributed by atoms with Crippen LogP contribution in [0.25, 0.3) is 0 Å². The molecule has 1 saturated heterocycles. The average Bonchev–Trinajstić information content (AvgIpc) is 2.47. The van der Waals surface area contributed by atoms with E-state index in [4.69, 9.17) is 9.47 Å². The van der Waals surface area contributed by atoms with E-state index in [1.54, 1.807) is 19.1 Å². The summed E-state index contributed by atoms with van der Waals surface area (Å²) in [5.74, 6) is 0.378. The molecule has 0 aromatic carbocycles. The Morgan fingerprint density at radius 2 is 2.53 bits per heavy atom. The molecule has 1 fully saturated rings. The smallest absolute Gasteiger partial charge is 0.339 e. The molecule has 0 spiro atoms. The van der Waals surface area contributed by atoms with Crippen LogP contribution in [0.5, 0.6) is 0 Å². The lowest BCUT2D eigenvalue weighted by Gasteiger charge is -2.23. The second kappa shape index (κ2) is 7.06. The molecule has 0 aliphatic carbocycles. The number of nitrogens with one attached hydrogen (secondary N) is 2. The maximum Gasteiger partial charge on any atom is 0.339 e. The molecular formula is C13H19N3O3. The number of pyridine rings is 1. The lowest BCUT2D eigenvalue weighted by molar-refractivity contribution is 0.0371. The summed E-state index contributed by atoms with van der Waals surface area (Å²) < 4.78 is 10.5. The van der Waals surface area contributed by atoms with Crippen molar-refractivity contribution in [1.29, 1.82) is 0 Å². The van der Waals surface area contributed by atoms with Crippen LogP contribution in [-0.2, 0) is 9.47 Å². The summed E-state index contributed by atoms with van der Waals surface area (Å²) in [6.07, 6.45) is 1.67. The molecular weight excluding hydrogens is 246 g/mol. The summed E-state index contributed by atoms with van der Waals surface area (Å²) >= 11 is 0. The van der Waals surface area contributed by atoms with Crippen LogP contribution in [0, 0.1) is 0 Å². The second-order valence-electron chi connectivity index (χ2n) is 4.23. The van der Waals surface area contributed by atoms with E-state index in [1.165, 1.54) is 6.20 Å². The van der Waals surface area contributed by atoms with E-state index >= 15 is 0 Å². The van der Waals surface area contributed by atoms with E-state index in [9.17, 15) is 4.79 Å². The first-order valence-electron chi connectivity index (χ1n) is 6.49. The Morgan fingerprint density at radius 1 is 1.63 bits per heavy atom. The zero-order valence-corrected chi connectivity index (χ0v) is 11.0. The minimum Gasteiger partial charge on any atom is -0.462 e. The van der Waals surface area contributed by atoms with Gasteiger partial charge >= 0.3 is 5.97 Å². The lowest BCUT2D eigenvalue weighted by atomic mass is 10.2. The highest BCUT2D eigenvalue weighted by atomic mass is 16.5. The fourth-order valence-corrected chi connectivity index (χ4v) is 1.80. The van der Waals surface area contributed by atoms with Crippen LogP contribution in [0.3, 0.4) is 0 Å². The van der Waals surface area contributed by atoms with Crippen molar-refractivity contribution in [3.05, 3.63) is 23.9 Å². The van der Waals surface area contributed by atoms with Gasteiger partial charge in [-0.2, -0.15) is 0 Å². The van der Waals surface area contributed by atoms with Gasteiger partial charge in [-0.25, -0.2) is 9.78 Å². The second-order valence-corrected chi connectivity index (χ2v) is 4.23. The molecule has 6 nitrogen and oxygen atoms in total. The Kier molecular flexibility index (Phi) is 5.11. The van der Waals surface area contributed by atoms with Gasteiger partial charge in [-0.1, -0.05) is 0 Å². The minimum atomic E-state index is -0.346. The van der Waals surface area contributed by atoms with Crippen LogP contribution in [-0.4, -0.2) is 49.9 Å². The summed E-state index contributed by atoms with van der Waals surface area (Å²) in [6, 6.07) is 3.47. The molecule has 2 rings (SSSR count). The molecule has 2 N–H and O–H groups in total. The molecule has 19 heavy (non-hydrogen) atoms. The first-order chi connectivity index (χ1) is 9.29. The van der Waals surface area contributed by atoms with Crippen molar-refractivity contribution >= 4 is 11.8 Å². The van der Waals surface area contributed by atoms with Crippen LogP contribution in [0.4, 0.5) is 5.82 Å². The van der Waals surface area contributed by atoms with E-state index in [2.05, 4.69) is 15.6 Å². The first-order valence-corrected chi connectivity index (χ1v) is 6.49. The van der Waals surface area contributed by atoms with Crippen molar-refractivity contribution in [3.8, 4) is 0 Å². The number of hydrogen-bond acceptors (Lipinski definition) is 6. The van der Waals surface area contributed by atoms with Gasteiger partial charge < -0.3 is 20.1 Å². The summed E-state index contributed by atoms with van der Waals surface area (Å²) in [5.41, 5.74) is 0.461. The first kappa shape index (κ1) is 13.8. The number of aromatic nitrogens is 1. The monoisotopic (exact) mass is 265 g/mol. The molecule has 1 aromatic rings. The fourth-order valence-electron chi connectivity index (χ4n) is 1.80. The summed E-state index contributed by atoms with van der Waals surface area (Å²) in [5, 5.41) is 6.45. The van der Waals surface area contributed by atoms with E-state index in [0.717, 1.165) is 25.5 Å². The number of nitrogens with zero attached hydrogens (tertiary/aromatic N) is 1. The molecule has 6 heteroatoms. The Labute approximate surface area is 112 Å². The normalized spacial score (nSPS) is 18.9. The van der Waals surface area contributed by atoms with Gasteiger partial charge in [0.25, 0.3) is 0 Å². The van der Waals surface area contributed by atoms with Crippen molar-refractivity contribution in [2.24, 2.45) is 0 Å². The molecule has 0 radical (unpaired) electrons. The third-order valence-electron chi connectivity index (χ3n) is 2.79. The zero-order valence-electron chi connectivity index (χ0n) is 11.0. The number of carbonyl (C=O) groups is 1. The Bertz CT molecular complexity index is 402. The summed E-state index contributed by atoms with van der Waals surface area (Å²) in [7, 11) is 0. The third-order valence-corrected chi connectivity index (χ3v) is 2.79. The Balaban J connectivity index is 1.82. The van der Waals surface area contributed by atoms with Crippen molar-refractivity contribution < 1.29 is 14.3 Å². The van der Waals surface area contributed by atoms with E-state index in [-0.39, 0.29) is 12.1 Å². The van der Waals surface area contributed by atoms with E-state index in [0.29, 0.717) is 18.7 Å². The number of esters is 1. The highest BCUT2D eigenvalue weighted by Gasteiger charge is 2.13. The highest BCUT2D eigenvalue weighted by Crippen LogP contribution is 2.07. The summed E-state index contributed by atoms with van der Waals surface area (Å²) in [6.45, 7) is 5.32. The molecule has 0 amide bonds. The molecule has 1 atom stereocenters. The fraction of sp³-hybridized carbons (Fsp3) is 0.538. The zero-order chi connectivity index (χ0) is 13.5. The predicted molar refractivity (Wildman–Crippen MR) is 71.3 cm³/mol. The Hall–Kier alpha value is -1.66. The number of anilines is 1. The average molecular weight is 265 g/mol. The molecule has 1 aromatic heterocycles. The van der Waals surface area contributed by atoms with Gasteiger partial charge in [-0.15, -0.1) is 0 Å². The van der Waals surface area contributed by atoms with Crippen LogP contribution >= 0.6 is 0 Å². The molecule has 0 bridgehead atoms. The van der Waals surface area contributed by atoms with Crippen molar-refractivity contribution in [2.75, 3.05) is 38.2 Å². The van der Waals surface area contributed by atoms with Gasteiger partial charge in [0.15, 0.2) is 0 Å². The summed E-state index contributed by atoms with van der Waals surface area (Å²) in [4.78, 5) is 15.6. The molecule has 1 aliphatic heterocycles. The number of morpholine rings is 1. The van der Waals surface area contributed by atoms with E-state index in [1.807, 2.05) is 0 Å². The lowest BCUT2D eigenvalue weighted by Crippen LogP contribution is -2.42. The van der Waals surface area contributed by atoms with Crippen LogP contribution in [0.2, 0.25) is 0 Å². The van der Waals surface area contributed by atoms with Gasteiger partial charge in [0, 0.05) is 25.8 Å². The SMILES string of the molecule is CCOC(=O)c1ccc(NCC2CNCCO2)nc1. The van der Waals surface area contributed by atoms with Crippen LogP contribution in [0.15, 0.2) is 18.3 Å². The number of hydrogen-bond donors (Lipinski definition) is 2. The van der Waals surface area contributed by atoms with E-state index < -0.39 is 0 Å². The predicted octanol–water partition coefficient (Wildman–Crippen LogP) is 0.659. The Morgan fingerprint density at radius 3 is 3.16 bits per heavy atom. The van der Waals surface area contributed by atoms with Gasteiger partial charge in [-0.05, 0) is 19.1 Å². The standard InChI is InChI=1S/C13H19N3O3/c1-2-18-13(17)10-3-4-12(15-7-10)16-9-11-8-14-5-6-19-11/h3-4,7,11,14H,2,5-6,8-9H2,1H3,(H,15,16). The maximum absolute atomic E-state index is 11.5. The van der Waals surface area contributed by atoms with Crippen molar-refractivity contribution in [2.45, 2.75) is 13.0 Å². The van der Waals surface area contributed by atoms with Gasteiger partial charge in [0.2, 0.25) is 0 Å². The quantitative estimate of drug-likeness (QED) is 0.762. The molecule has 0 saturated carbocycles. The number of ether oxygens (including phenoxy) is 2. The van der Waals surface area contributed by atoms with Gasteiger partial charge in [0.05, 0.1) is 24.9 Å². The third kappa shape index (κ3) is 4.18. The molecule has 1 unspecified atom stereocenters.